The maximum Gasteiger partial charge on any atom is 0.243 e. The van der Waals surface area contributed by atoms with Gasteiger partial charge in [-0.1, -0.05) is 43.0 Å². The Bertz CT molecular complexity index is 2450. The van der Waals surface area contributed by atoms with Crippen molar-refractivity contribution in [3.63, 3.8) is 0 Å². The Morgan fingerprint density at radius 2 is 1.55 bits per heavy atom. The van der Waals surface area contributed by atoms with Crippen LogP contribution in [-0.4, -0.2) is 159 Å². The summed E-state index contributed by atoms with van der Waals surface area (Å²) in [5.41, 5.74) is 1.36. The number of aliphatic hydroxyl groups excluding tert-OH is 3. The molecule has 2 aliphatic carbocycles. The summed E-state index contributed by atoms with van der Waals surface area (Å²) in [6, 6.07) is 1.49. The molecular weight excluding hydrogens is 923 g/mol. The second kappa shape index (κ2) is 24.9. The topological polar surface area (TPSA) is 299 Å². The Morgan fingerprint density at radius 1 is 0.915 bits per heavy atom. The molecular formula is C51H65N5O15. The Kier molecular flexibility index (Phi) is 19.3. The number of benzene rings is 2. The van der Waals surface area contributed by atoms with E-state index in [1.165, 1.54) is 29.9 Å². The summed E-state index contributed by atoms with van der Waals surface area (Å²) >= 11 is 0. The first-order chi connectivity index (χ1) is 33.9. The van der Waals surface area contributed by atoms with Crippen LogP contribution in [0.2, 0.25) is 0 Å². The van der Waals surface area contributed by atoms with E-state index >= 15 is 0 Å². The zero-order valence-corrected chi connectivity index (χ0v) is 40.6. The number of nitrogens with zero attached hydrogens (tertiary/aromatic N) is 2. The van der Waals surface area contributed by atoms with Gasteiger partial charge in [-0.05, 0) is 77.4 Å². The average Bonchev–Trinajstić information content (AvgIpc) is 4.08. The Hall–Kier alpha value is -6.74. The molecule has 5 amide bonds. The zero-order valence-electron chi connectivity index (χ0n) is 40.6. The summed E-state index contributed by atoms with van der Waals surface area (Å²) in [5.74, 6) is -3.86. The van der Waals surface area contributed by atoms with Crippen LogP contribution >= 0.6 is 0 Å². The van der Waals surface area contributed by atoms with E-state index in [1.54, 1.807) is 31.2 Å². The summed E-state index contributed by atoms with van der Waals surface area (Å²) in [5, 5.41) is 56.5. The van der Waals surface area contributed by atoms with Crippen LogP contribution in [0.3, 0.4) is 0 Å². The number of amides is 5. The predicted molar refractivity (Wildman–Crippen MR) is 256 cm³/mol. The van der Waals surface area contributed by atoms with Crippen molar-refractivity contribution < 1.29 is 73.4 Å². The van der Waals surface area contributed by atoms with E-state index in [9.17, 15) is 58.8 Å². The van der Waals surface area contributed by atoms with E-state index in [0.717, 1.165) is 19.0 Å². The number of methoxy groups -OCH3 is 1. The van der Waals surface area contributed by atoms with E-state index < -0.39 is 77.9 Å². The molecule has 0 spiro atoms. The molecule has 8 atom stereocenters. The van der Waals surface area contributed by atoms with Crippen molar-refractivity contribution in [2.45, 2.75) is 121 Å². The number of aromatic hydroxyl groups is 2. The van der Waals surface area contributed by atoms with Crippen LogP contribution in [0.5, 0.6) is 17.2 Å². The number of fused-ring (bicyclic) bond motifs is 3. The van der Waals surface area contributed by atoms with Crippen molar-refractivity contribution in [2.75, 3.05) is 33.9 Å². The van der Waals surface area contributed by atoms with Gasteiger partial charge in [-0.3, -0.25) is 33.6 Å². The maximum absolute atomic E-state index is 13.1. The number of rotatable bonds is 13. The second-order valence-corrected chi connectivity index (χ2v) is 17.8. The fourth-order valence-electron chi connectivity index (χ4n) is 9.60. The minimum Gasteiger partial charge on any atom is -0.507 e. The van der Waals surface area contributed by atoms with E-state index in [0.29, 0.717) is 62.7 Å². The Labute approximate surface area is 411 Å². The van der Waals surface area contributed by atoms with Crippen LogP contribution in [0, 0.1) is 5.92 Å². The fourth-order valence-corrected chi connectivity index (χ4v) is 9.60. The molecule has 3 saturated heterocycles. The number of carbonyl (C=O) groups is 8. The summed E-state index contributed by atoms with van der Waals surface area (Å²) < 4.78 is 10.4. The highest BCUT2D eigenvalue weighted by molar-refractivity contribution is 6.31. The van der Waals surface area contributed by atoms with Gasteiger partial charge in [-0.25, -0.2) is 0 Å². The van der Waals surface area contributed by atoms with E-state index in [-0.39, 0.29) is 77.1 Å². The lowest BCUT2D eigenvalue weighted by molar-refractivity contribution is -0.203. The third-order valence-corrected chi connectivity index (χ3v) is 13.3. The highest BCUT2D eigenvalue weighted by Gasteiger charge is 2.42. The molecule has 2 aromatic carbocycles. The lowest BCUT2D eigenvalue weighted by Crippen LogP contribution is -2.58. The van der Waals surface area contributed by atoms with Gasteiger partial charge in [-0.15, -0.1) is 0 Å². The van der Waals surface area contributed by atoms with Gasteiger partial charge in [0.2, 0.25) is 35.3 Å². The first-order valence-corrected chi connectivity index (χ1v) is 23.6. The van der Waals surface area contributed by atoms with E-state index in [1.807, 2.05) is 19.1 Å². The smallest absolute Gasteiger partial charge is 0.243 e. The third kappa shape index (κ3) is 12.2. The molecule has 0 saturated carbocycles. The Morgan fingerprint density at radius 3 is 2.18 bits per heavy atom. The van der Waals surface area contributed by atoms with Crippen molar-refractivity contribution in [1.29, 1.82) is 0 Å². The number of hydrogen-bond donors (Lipinski definition) is 8. The second-order valence-electron chi connectivity index (χ2n) is 17.8. The molecule has 2 aromatic rings. The van der Waals surface area contributed by atoms with Crippen LogP contribution in [0.1, 0.15) is 109 Å². The normalized spacial score (nSPS) is 23.9. The van der Waals surface area contributed by atoms with Crippen molar-refractivity contribution >= 4 is 47.4 Å². The van der Waals surface area contributed by atoms with Gasteiger partial charge in [-0.2, -0.15) is 0 Å². The van der Waals surface area contributed by atoms with E-state index in [2.05, 4.69) is 22.5 Å². The fraction of sp³-hybridized carbons (Fsp3) is 0.490. The molecule has 3 fully saturated rings. The minimum atomic E-state index is -1.12. The third-order valence-electron chi connectivity index (χ3n) is 13.3. The largest absolute Gasteiger partial charge is 0.507 e. The lowest BCUT2D eigenvalue weighted by atomic mass is 9.76. The van der Waals surface area contributed by atoms with E-state index in [4.69, 9.17) is 14.6 Å². The van der Waals surface area contributed by atoms with Gasteiger partial charge in [0.15, 0.2) is 12.1 Å². The van der Waals surface area contributed by atoms with Gasteiger partial charge < -0.3 is 65.6 Å². The first kappa shape index (κ1) is 55.2. The van der Waals surface area contributed by atoms with Gasteiger partial charge >= 0.3 is 0 Å². The monoisotopic (exact) mass is 987 g/mol. The predicted octanol–water partition coefficient (Wildman–Crippen LogP) is 1.43. The lowest BCUT2D eigenvalue weighted by Gasteiger charge is -2.37. The number of phenols is 2. The molecule has 7 rings (SSSR count). The number of aliphatic hydroxyl groups is 3. The number of aldehydes is 1. The number of carbonyl (C=O) groups excluding carboxylic acids is 8. The van der Waals surface area contributed by atoms with Crippen LogP contribution < -0.4 is 20.7 Å². The number of ketones is 2. The summed E-state index contributed by atoms with van der Waals surface area (Å²) in [6.45, 7) is 9.10. The number of likely N-dealkylation sites (tertiary alicyclic amines) is 2. The summed E-state index contributed by atoms with van der Waals surface area (Å²) in [6.07, 6.45) is 8.48. The molecule has 0 radical (unpaired) electrons. The summed E-state index contributed by atoms with van der Waals surface area (Å²) in [7, 11) is 2.40. The van der Waals surface area contributed by atoms with Gasteiger partial charge in [0.1, 0.15) is 47.8 Å². The van der Waals surface area contributed by atoms with Crippen LogP contribution in [0.25, 0.3) is 0 Å². The quantitative estimate of drug-likeness (QED) is 0.0683. The minimum absolute atomic E-state index is 0.0216. The van der Waals surface area contributed by atoms with Crippen molar-refractivity contribution in [3.05, 3.63) is 88.0 Å². The molecule has 8 unspecified atom stereocenters. The van der Waals surface area contributed by atoms with Crippen LogP contribution in [-0.2, 0) is 46.3 Å². The average molecular weight is 988 g/mol. The molecule has 20 nitrogen and oxygen atoms in total. The molecule has 3 aliphatic heterocycles. The van der Waals surface area contributed by atoms with Gasteiger partial charge in [0, 0.05) is 49.2 Å². The molecule has 0 bridgehead atoms. The number of hydrogen-bond acceptors (Lipinski definition) is 15. The van der Waals surface area contributed by atoms with Gasteiger partial charge in [0.25, 0.3) is 0 Å². The SMILES string of the molecule is C=C/C(=C\C=C/C)CC(=O)N1CCCC1C(=O)NC(C)C(=O)NCC(=O)N1CCCC1C(=O)NC1CC(O)OC(C)C1O.CO.COc1cccc2c1C(=O)c1c(O)c3c(c(O)c1C2=O)CC(C=O)CC3. The Balaban J connectivity index is 0.000000283. The number of ether oxygens (including phenoxy) is 2. The van der Waals surface area contributed by atoms with Crippen molar-refractivity contribution in [2.24, 2.45) is 5.92 Å². The van der Waals surface area contributed by atoms with Crippen molar-refractivity contribution in [3.8, 4) is 17.2 Å². The highest BCUT2D eigenvalue weighted by Crippen LogP contribution is 2.47. The first-order valence-electron chi connectivity index (χ1n) is 23.6. The van der Waals surface area contributed by atoms with Crippen molar-refractivity contribution in [1.82, 2.24) is 25.8 Å². The summed E-state index contributed by atoms with van der Waals surface area (Å²) in [4.78, 5) is 105. The molecule has 0 aromatic heterocycles. The van der Waals surface area contributed by atoms with Crippen LogP contribution in [0.4, 0.5) is 0 Å². The molecule has 3 heterocycles. The number of nitrogens with one attached hydrogen (secondary N) is 3. The standard InChI is InChI=1S/C30H45N5O8.C20H16O6.CH4O/c1-5-7-10-20(6-2)15-24(36)34-13-8-11-22(34)29(41)32-18(3)28(40)31-17-25(37)35-14-9-12-23(35)30(42)33-21-16-26(38)43-19(4)27(21)39;1-26-13-4-2-3-11-14(13)20(25)16-15(18(11)23)19(24)12-7-9(8-21)5-6-10(12)17(16)22;1-2/h5-7,10,18-19,21-23,26-27,38-39H,2,8-9,11-17H2,1,3-4H3,(H,31,40)(H,32,41)(H,33,42);2-4,8-9,22,24H,5-7H2,1H3;2H,1H3/b7-5-,20-10+;;. The number of phenolic OH excluding ortho intramolecular Hbond substituents is 2. The number of allylic oxidation sites excluding steroid dienone is 4. The molecule has 8 N–H and O–H groups in total. The van der Waals surface area contributed by atoms with Gasteiger partial charge in [0.05, 0.1) is 48.9 Å². The van der Waals surface area contributed by atoms with Crippen LogP contribution in [0.15, 0.2) is 54.7 Å². The zero-order chi connectivity index (χ0) is 52.3. The molecule has 20 heteroatoms. The molecule has 5 aliphatic rings. The maximum atomic E-state index is 13.1. The molecule has 71 heavy (non-hydrogen) atoms. The highest BCUT2D eigenvalue weighted by atomic mass is 16.6. The molecule has 384 valence electrons.